The van der Waals surface area contributed by atoms with Crippen LogP contribution in [0, 0.1) is 0 Å². The van der Waals surface area contributed by atoms with E-state index in [0.717, 1.165) is 47.0 Å². The molecule has 0 radical (unpaired) electrons. The molecule has 0 amide bonds. The third-order valence-electron chi connectivity index (χ3n) is 4.94. The van der Waals surface area contributed by atoms with Crippen LogP contribution in [0.15, 0.2) is 30.5 Å². The number of hydrogen-bond donors (Lipinski definition) is 2. The average Bonchev–Trinajstić information content (AvgIpc) is 3.15. The van der Waals surface area contributed by atoms with E-state index >= 15 is 0 Å². The molecular weight excluding hydrogens is 332 g/mol. The monoisotopic (exact) mass is 356 g/mol. The molecule has 0 atom stereocenters. The first-order valence-electron chi connectivity index (χ1n) is 8.99. The van der Waals surface area contributed by atoms with E-state index in [9.17, 15) is 5.11 Å². The summed E-state index contributed by atoms with van der Waals surface area (Å²) in [7, 11) is 0. The van der Waals surface area contributed by atoms with Crippen LogP contribution in [0.3, 0.4) is 0 Å². The minimum Gasteiger partial charge on any atom is -0.393 e. The molecule has 3 aromatic rings. The van der Waals surface area contributed by atoms with Crippen LogP contribution < -0.4 is 5.32 Å². The number of aliphatic hydroxyl groups is 1. The molecule has 132 valence electrons. The highest BCUT2D eigenvalue weighted by Gasteiger charge is 2.20. The third kappa shape index (κ3) is 3.55. The standard InChI is InChI=1S/C19H24N4OS/c1-12(2)13-3-5-14(6-4-13)17-11-23-19(21-17)25-18(22-23)20-15-7-9-16(24)10-8-15/h3-6,11-12,15-16,24H,7-10H2,1-2H3,(H,20,22). The zero-order valence-electron chi connectivity index (χ0n) is 14.6. The Hall–Kier alpha value is -1.92. The summed E-state index contributed by atoms with van der Waals surface area (Å²) in [5, 5.41) is 18.6. The van der Waals surface area contributed by atoms with Crippen LogP contribution in [-0.2, 0) is 0 Å². The van der Waals surface area contributed by atoms with E-state index in [2.05, 4.69) is 48.5 Å². The summed E-state index contributed by atoms with van der Waals surface area (Å²) < 4.78 is 1.86. The Morgan fingerprint density at radius 2 is 1.88 bits per heavy atom. The van der Waals surface area contributed by atoms with Crippen molar-refractivity contribution in [3.8, 4) is 11.3 Å². The summed E-state index contributed by atoms with van der Waals surface area (Å²) in [5.41, 5.74) is 3.42. The van der Waals surface area contributed by atoms with Crippen LogP contribution in [0.1, 0.15) is 51.0 Å². The Bertz CT molecular complexity index is 813. The lowest BCUT2D eigenvalue weighted by molar-refractivity contribution is 0.126. The Morgan fingerprint density at radius 1 is 1.16 bits per heavy atom. The maximum absolute atomic E-state index is 9.61. The second-order valence-electron chi connectivity index (χ2n) is 7.19. The minimum atomic E-state index is -0.128. The van der Waals surface area contributed by atoms with Crippen molar-refractivity contribution in [1.82, 2.24) is 14.6 Å². The van der Waals surface area contributed by atoms with Crippen molar-refractivity contribution in [3.05, 3.63) is 36.0 Å². The molecule has 4 rings (SSSR count). The predicted octanol–water partition coefficient (Wildman–Crippen LogP) is 4.30. The maximum Gasteiger partial charge on any atom is 0.214 e. The van der Waals surface area contributed by atoms with Gasteiger partial charge in [-0.25, -0.2) is 9.50 Å². The lowest BCUT2D eigenvalue weighted by Crippen LogP contribution is -2.28. The van der Waals surface area contributed by atoms with Gasteiger partial charge in [0.2, 0.25) is 10.1 Å². The first kappa shape index (κ1) is 16.5. The summed E-state index contributed by atoms with van der Waals surface area (Å²) in [6.07, 6.45) is 5.60. The number of anilines is 1. The van der Waals surface area contributed by atoms with Gasteiger partial charge in [-0.05, 0) is 37.2 Å². The van der Waals surface area contributed by atoms with E-state index in [0.29, 0.717) is 12.0 Å². The summed E-state index contributed by atoms with van der Waals surface area (Å²) in [6.45, 7) is 4.40. The van der Waals surface area contributed by atoms with Gasteiger partial charge in [-0.3, -0.25) is 0 Å². The molecular formula is C19H24N4OS. The number of rotatable bonds is 4. The van der Waals surface area contributed by atoms with Crippen molar-refractivity contribution < 1.29 is 5.11 Å². The van der Waals surface area contributed by atoms with Gasteiger partial charge in [-0.2, -0.15) is 0 Å². The fourth-order valence-electron chi connectivity index (χ4n) is 3.33. The van der Waals surface area contributed by atoms with Crippen molar-refractivity contribution in [2.45, 2.75) is 57.6 Å². The van der Waals surface area contributed by atoms with Gasteiger partial charge in [0.25, 0.3) is 0 Å². The topological polar surface area (TPSA) is 62.5 Å². The molecule has 1 aliphatic carbocycles. The van der Waals surface area contributed by atoms with Gasteiger partial charge < -0.3 is 10.4 Å². The molecule has 2 heterocycles. The Kier molecular flexibility index (Phi) is 4.48. The van der Waals surface area contributed by atoms with Crippen LogP contribution in [0.2, 0.25) is 0 Å². The second kappa shape index (κ2) is 6.77. The van der Waals surface area contributed by atoms with Gasteiger partial charge in [-0.1, -0.05) is 49.4 Å². The fourth-order valence-corrected chi connectivity index (χ4v) is 4.19. The van der Waals surface area contributed by atoms with Crippen molar-refractivity contribution in [3.63, 3.8) is 0 Å². The zero-order valence-corrected chi connectivity index (χ0v) is 15.5. The van der Waals surface area contributed by atoms with Crippen molar-refractivity contribution in [1.29, 1.82) is 0 Å². The molecule has 2 aromatic heterocycles. The maximum atomic E-state index is 9.61. The number of hydrogen-bond acceptors (Lipinski definition) is 5. The fraction of sp³-hybridized carbons (Fsp3) is 0.474. The first-order chi connectivity index (χ1) is 12.1. The molecule has 25 heavy (non-hydrogen) atoms. The molecule has 1 fully saturated rings. The SMILES string of the molecule is CC(C)c1ccc(-c2cn3nc(NC4CCC(O)CC4)sc3n2)cc1. The van der Waals surface area contributed by atoms with Crippen molar-refractivity contribution in [2.75, 3.05) is 5.32 Å². The molecule has 2 N–H and O–H groups in total. The lowest BCUT2D eigenvalue weighted by Gasteiger charge is -2.25. The largest absolute Gasteiger partial charge is 0.393 e. The van der Waals surface area contributed by atoms with E-state index in [1.165, 1.54) is 5.56 Å². The van der Waals surface area contributed by atoms with Gasteiger partial charge in [0.1, 0.15) is 0 Å². The van der Waals surface area contributed by atoms with E-state index < -0.39 is 0 Å². The van der Waals surface area contributed by atoms with Gasteiger partial charge in [0, 0.05) is 11.6 Å². The Balaban J connectivity index is 1.49. The molecule has 0 bridgehead atoms. The molecule has 0 spiro atoms. The predicted molar refractivity (Wildman–Crippen MR) is 102 cm³/mol. The third-order valence-corrected chi connectivity index (χ3v) is 5.79. The number of benzene rings is 1. The van der Waals surface area contributed by atoms with E-state index in [-0.39, 0.29) is 6.10 Å². The number of nitrogens with zero attached hydrogens (tertiary/aromatic N) is 3. The van der Waals surface area contributed by atoms with Crippen LogP contribution in [0.25, 0.3) is 16.2 Å². The Morgan fingerprint density at radius 3 is 2.52 bits per heavy atom. The zero-order chi connectivity index (χ0) is 17.4. The highest BCUT2D eigenvalue weighted by molar-refractivity contribution is 7.20. The number of nitrogens with one attached hydrogen (secondary N) is 1. The molecule has 0 saturated heterocycles. The number of imidazole rings is 1. The average molecular weight is 356 g/mol. The van der Waals surface area contributed by atoms with E-state index in [4.69, 9.17) is 4.98 Å². The molecule has 5 nitrogen and oxygen atoms in total. The number of aromatic nitrogens is 3. The number of fused-ring (bicyclic) bond motifs is 1. The van der Waals surface area contributed by atoms with Crippen molar-refractivity contribution in [2.24, 2.45) is 0 Å². The number of aliphatic hydroxyl groups excluding tert-OH is 1. The summed E-state index contributed by atoms with van der Waals surface area (Å²) >= 11 is 1.58. The minimum absolute atomic E-state index is 0.128. The quantitative estimate of drug-likeness (QED) is 0.732. The summed E-state index contributed by atoms with van der Waals surface area (Å²) in [5.74, 6) is 0.538. The molecule has 1 aliphatic rings. The first-order valence-corrected chi connectivity index (χ1v) is 9.81. The molecule has 0 unspecified atom stereocenters. The smallest absolute Gasteiger partial charge is 0.214 e. The second-order valence-corrected chi connectivity index (χ2v) is 8.14. The van der Waals surface area contributed by atoms with Gasteiger partial charge in [0.15, 0.2) is 0 Å². The van der Waals surface area contributed by atoms with Crippen LogP contribution in [-0.4, -0.2) is 31.9 Å². The normalized spacial score (nSPS) is 21.1. The van der Waals surface area contributed by atoms with Gasteiger partial charge in [-0.15, -0.1) is 5.10 Å². The molecule has 0 aliphatic heterocycles. The Labute approximate surface area is 151 Å². The van der Waals surface area contributed by atoms with E-state index in [1.807, 2.05) is 10.7 Å². The van der Waals surface area contributed by atoms with E-state index in [1.54, 1.807) is 11.3 Å². The highest BCUT2D eigenvalue weighted by Crippen LogP contribution is 2.28. The molecule has 1 saturated carbocycles. The van der Waals surface area contributed by atoms with Gasteiger partial charge >= 0.3 is 0 Å². The summed E-state index contributed by atoms with van der Waals surface area (Å²) in [6, 6.07) is 9.02. The van der Waals surface area contributed by atoms with Crippen LogP contribution in [0.5, 0.6) is 0 Å². The summed E-state index contributed by atoms with van der Waals surface area (Å²) in [4.78, 5) is 5.63. The van der Waals surface area contributed by atoms with Crippen molar-refractivity contribution >= 4 is 21.4 Å². The van der Waals surface area contributed by atoms with Gasteiger partial charge in [0.05, 0.1) is 18.0 Å². The van der Waals surface area contributed by atoms with Crippen LogP contribution in [0.4, 0.5) is 5.13 Å². The highest BCUT2D eigenvalue weighted by atomic mass is 32.1. The molecule has 6 heteroatoms. The lowest BCUT2D eigenvalue weighted by atomic mass is 9.93. The van der Waals surface area contributed by atoms with Crippen LogP contribution >= 0.6 is 11.3 Å². The molecule has 1 aromatic carbocycles.